The van der Waals surface area contributed by atoms with Gasteiger partial charge in [-0.15, -0.1) is 0 Å². The van der Waals surface area contributed by atoms with Crippen molar-refractivity contribution in [3.05, 3.63) is 52.7 Å². The van der Waals surface area contributed by atoms with E-state index in [9.17, 15) is 0 Å². The van der Waals surface area contributed by atoms with Crippen molar-refractivity contribution in [3.63, 3.8) is 0 Å². The number of aromatic nitrogens is 4. The molecule has 18 heavy (non-hydrogen) atoms. The molecular weight excluding hydrogens is 292 g/mol. The monoisotopic (exact) mass is 302 g/mol. The quantitative estimate of drug-likeness (QED) is 0.731. The molecule has 0 atom stereocenters. The molecular formula is C13H11BrN4. The van der Waals surface area contributed by atoms with Gasteiger partial charge in [0, 0.05) is 16.9 Å². The minimum absolute atomic E-state index is 0.710. The van der Waals surface area contributed by atoms with E-state index in [2.05, 4.69) is 35.4 Å². The third-order valence-electron chi connectivity index (χ3n) is 2.81. The molecule has 0 fully saturated rings. The summed E-state index contributed by atoms with van der Waals surface area (Å²) in [6.45, 7) is 2.69. The molecule has 0 saturated carbocycles. The lowest BCUT2D eigenvalue weighted by molar-refractivity contribution is 0.764. The van der Waals surface area contributed by atoms with Crippen LogP contribution in [0.2, 0.25) is 0 Å². The van der Waals surface area contributed by atoms with Crippen LogP contribution in [0.15, 0.2) is 41.1 Å². The van der Waals surface area contributed by atoms with E-state index in [1.54, 1.807) is 12.4 Å². The lowest BCUT2D eigenvalue weighted by atomic mass is 10.3. The summed E-state index contributed by atoms with van der Waals surface area (Å²) >= 11 is 3.44. The van der Waals surface area contributed by atoms with E-state index in [0.717, 1.165) is 27.2 Å². The number of hydrogen-bond acceptors (Lipinski definition) is 3. The van der Waals surface area contributed by atoms with Crippen LogP contribution in [0.1, 0.15) is 11.5 Å². The van der Waals surface area contributed by atoms with Gasteiger partial charge in [-0.2, -0.15) is 0 Å². The summed E-state index contributed by atoms with van der Waals surface area (Å²) < 4.78 is 3.08. The zero-order valence-electron chi connectivity index (χ0n) is 9.84. The van der Waals surface area contributed by atoms with Crippen molar-refractivity contribution in [1.82, 2.24) is 19.5 Å². The molecule has 3 aromatic rings. The molecule has 0 radical (unpaired) electrons. The second-order valence-electron chi connectivity index (χ2n) is 4.06. The zero-order chi connectivity index (χ0) is 12.5. The third kappa shape index (κ3) is 2.01. The first-order chi connectivity index (χ1) is 8.74. The van der Waals surface area contributed by atoms with Crippen molar-refractivity contribution < 1.29 is 0 Å². The fourth-order valence-electron chi connectivity index (χ4n) is 1.95. The maximum atomic E-state index is 4.45. The van der Waals surface area contributed by atoms with Crippen LogP contribution >= 0.6 is 15.9 Å². The Kier molecular flexibility index (Phi) is 2.83. The van der Waals surface area contributed by atoms with Gasteiger partial charge in [0.05, 0.1) is 17.8 Å². The Hall–Kier alpha value is -1.75. The number of rotatable bonds is 2. The van der Waals surface area contributed by atoms with Crippen molar-refractivity contribution in [1.29, 1.82) is 0 Å². The number of imidazole rings is 1. The van der Waals surface area contributed by atoms with Crippen LogP contribution in [0.3, 0.4) is 0 Å². The van der Waals surface area contributed by atoms with Gasteiger partial charge in [0.15, 0.2) is 5.65 Å². The molecule has 0 spiro atoms. The highest BCUT2D eigenvalue weighted by atomic mass is 79.9. The van der Waals surface area contributed by atoms with Gasteiger partial charge < -0.3 is 4.57 Å². The van der Waals surface area contributed by atoms with Crippen LogP contribution in [-0.2, 0) is 6.54 Å². The van der Waals surface area contributed by atoms with Crippen molar-refractivity contribution in [2.45, 2.75) is 13.5 Å². The van der Waals surface area contributed by atoms with Gasteiger partial charge in [-0.25, -0.2) is 9.97 Å². The van der Waals surface area contributed by atoms with Crippen LogP contribution in [-0.4, -0.2) is 19.5 Å². The summed E-state index contributed by atoms with van der Waals surface area (Å²) in [4.78, 5) is 13.1. The lowest BCUT2D eigenvalue weighted by Gasteiger charge is -2.05. The minimum Gasteiger partial charge on any atom is -0.321 e. The number of fused-ring (bicyclic) bond motifs is 1. The number of hydrogen-bond donors (Lipinski definition) is 0. The molecule has 4 nitrogen and oxygen atoms in total. The van der Waals surface area contributed by atoms with Gasteiger partial charge in [0.1, 0.15) is 5.82 Å². The van der Waals surface area contributed by atoms with Gasteiger partial charge in [-0.05, 0) is 41.1 Å². The van der Waals surface area contributed by atoms with Crippen molar-refractivity contribution in [2.24, 2.45) is 0 Å². The van der Waals surface area contributed by atoms with E-state index in [0.29, 0.717) is 6.54 Å². The van der Waals surface area contributed by atoms with E-state index in [1.807, 2.05) is 31.2 Å². The van der Waals surface area contributed by atoms with Crippen molar-refractivity contribution in [3.8, 4) is 0 Å². The Morgan fingerprint density at radius 3 is 2.94 bits per heavy atom. The van der Waals surface area contributed by atoms with Crippen LogP contribution in [0.4, 0.5) is 0 Å². The molecule has 0 aliphatic heterocycles. The molecule has 0 N–H and O–H groups in total. The molecule has 0 aliphatic rings. The number of nitrogens with zero attached hydrogens (tertiary/aromatic N) is 4. The average Bonchev–Trinajstić information content (AvgIpc) is 2.67. The standard InChI is InChI=1S/C13H11BrN4/c1-9-17-13-12(6-10(14)7-16-13)18(9)8-11-4-2-3-5-15-11/h2-7H,8H2,1H3. The minimum atomic E-state index is 0.710. The van der Waals surface area contributed by atoms with Crippen LogP contribution in [0, 0.1) is 6.92 Å². The number of aryl methyl sites for hydroxylation is 1. The smallest absolute Gasteiger partial charge is 0.177 e. The van der Waals surface area contributed by atoms with Crippen molar-refractivity contribution >= 4 is 27.1 Å². The number of pyridine rings is 2. The Morgan fingerprint density at radius 1 is 1.28 bits per heavy atom. The van der Waals surface area contributed by atoms with Crippen molar-refractivity contribution in [2.75, 3.05) is 0 Å². The summed E-state index contributed by atoms with van der Waals surface area (Å²) in [6.07, 6.45) is 3.57. The van der Waals surface area contributed by atoms with Gasteiger partial charge >= 0.3 is 0 Å². The molecule has 3 heterocycles. The van der Waals surface area contributed by atoms with E-state index in [1.165, 1.54) is 0 Å². The first kappa shape index (κ1) is 11.3. The summed E-state index contributed by atoms with van der Waals surface area (Å²) in [6, 6.07) is 7.95. The SMILES string of the molecule is Cc1nc2ncc(Br)cc2n1Cc1ccccn1. The highest BCUT2D eigenvalue weighted by Gasteiger charge is 2.09. The van der Waals surface area contributed by atoms with Gasteiger partial charge in [-0.1, -0.05) is 6.07 Å². The number of halogens is 1. The summed E-state index contributed by atoms with van der Waals surface area (Å²) in [7, 11) is 0. The molecule has 0 aromatic carbocycles. The molecule has 0 bridgehead atoms. The lowest BCUT2D eigenvalue weighted by Crippen LogP contribution is -2.03. The third-order valence-corrected chi connectivity index (χ3v) is 3.24. The van der Waals surface area contributed by atoms with E-state index in [-0.39, 0.29) is 0 Å². The topological polar surface area (TPSA) is 43.6 Å². The van der Waals surface area contributed by atoms with Gasteiger partial charge in [-0.3, -0.25) is 4.98 Å². The zero-order valence-corrected chi connectivity index (χ0v) is 11.4. The maximum absolute atomic E-state index is 4.45. The first-order valence-electron chi connectivity index (χ1n) is 5.62. The molecule has 3 aromatic heterocycles. The predicted octanol–water partition coefficient (Wildman–Crippen LogP) is 2.95. The summed E-state index contributed by atoms with van der Waals surface area (Å²) in [5.74, 6) is 0.946. The maximum Gasteiger partial charge on any atom is 0.177 e. The van der Waals surface area contributed by atoms with E-state index >= 15 is 0 Å². The van der Waals surface area contributed by atoms with E-state index < -0.39 is 0 Å². The Bertz CT molecular complexity index is 691. The normalized spacial score (nSPS) is 11.0. The van der Waals surface area contributed by atoms with Crippen LogP contribution in [0.5, 0.6) is 0 Å². The molecule has 0 saturated heterocycles. The molecule has 90 valence electrons. The Morgan fingerprint density at radius 2 is 2.17 bits per heavy atom. The molecule has 3 rings (SSSR count). The predicted molar refractivity (Wildman–Crippen MR) is 73.3 cm³/mol. The largest absolute Gasteiger partial charge is 0.321 e. The Balaban J connectivity index is 2.11. The fourth-order valence-corrected chi connectivity index (χ4v) is 2.27. The second-order valence-corrected chi connectivity index (χ2v) is 4.98. The first-order valence-corrected chi connectivity index (χ1v) is 6.41. The molecule has 5 heteroatoms. The van der Waals surface area contributed by atoms with Crippen LogP contribution in [0.25, 0.3) is 11.2 Å². The molecule has 0 amide bonds. The highest BCUT2D eigenvalue weighted by Crippen LogP contribution is 2.19. The van der Waals surface area contributed by atoms with Crippen LogP contribution < -0.4 is 0 Å². The highest BCUT2D eigenvalue weighted by molar-refractivity contribution is 9.10. The second kappa shape index (κ2) is 4.49. The summed E-state index contributed by atoms with van der Waals surface area (Å²) in [5.41, 5.74) is 2.80. The van der Waals surface area contributed by atoms with E-state index in [4.69, 9.17) is 0 Å². The fraction of sp³-hybridized carbons (Fsp3) is 0.154. The average molecular weight is 303 g/mol. The van der Waals surface area contributed by atoms with Gasteiger partial charge in [0.25, 0.3) is 0 Å². The molecule has 0 aliphatic carbocycles. The Labute approximate surface area is 113 Å². The van der Waals surface area contributed by atoms with Gasteiger partial charge in [0.2, 0.25) is 0 Å². The molecule has 0 unspecified atom stereocenters. The summed E-state index contributed by atoms with van der Waals surface area (Å²) in [5, 5.41) is 0.